The zero-order valence-corrected chi connectivity index (χ0v) is 21.3. The molecule has 1 aliphatic heterocycles. The maximum Gasteiger partial charge on any atom is 0.264 e. The quantitative estimate of drug-likeness (QED) is 0.326. The van der Waals surface area contributed by atoms with Crippen molar-refractivity contribution in [2.45, 2.75) is 24.3 Å². The monoisotopic (exact) mass is 543 g/mol. The van der Waals surface area contributed by atoms with Gasteiger partial charge in [0.2, 0.25) is 36.3 Å². The number of amides is 2. The first-order valence-electron chi connectivity index (χ1n) is 11.3. The molecule has 0 spiro atoms. The number of carbonyl (C=O) groups excluding carboxylic acids is 2. The van der Waals surface area contributed by atoms with Gasteiger partial charge in [-0.3, -0.25) is 9.59 Å². The lowest BCUT2D eigenvalue weighted by Crippen LogP contribution is -2.24. The summed E-state index contributed by atoms with van der Waals surface area (Å²) in [4.78, 5) is 32.2. The second kappa shape index (κ2) is 11.6. The summed E-state index contributed by atoms with van der Waals surface area (Å²) in [5.41, 5.74) is 1.21. The third-order valence-electron chi connectivity index (χ3n) is 5.28. The second-order valence-corrected chi connectivity index (χ2v) is 9.60. The molecule has 1 aromatic heterocycles. The van der Waals surface area contributed by atoms with Crippen LogP contribution in [0.25, 0.3) is 0 Å². The van der Waals surface area contributed by atoms with Crippen molar-refractivity contribution in [1.29, 1.82) is 0 Å². The molecule has 1 aliphatic rings. The van der Waals surface area contributed by atoms with E-state index in [1.54, 1.807) is 12.1 Å². The Morgan fingerprint density at radius 1 is 0.895 bits per heavy atom. The van der Waals surface area contributed by atoms with Gasteiger partial charge in [-0.05, 0) is 42.0 Å². The number of sulfonamides is 1. The molecular formula is C24H25N5O8S. The standard InChI is InChI=1S/C24H25N5O8S/c1-34-22-12-23(35-2)28-24(27-22)29-38(32,33)17-6-4-16(5-7-17)26-21(31)10-9-20(30)25-13-15-3-8-18-19(11-15)37-14-36-18/h3-8,11-12H,9-10,13-14H2,1-2H3,(H,25,30)(H,26,31)(H,27,28,29). The summed E-state index contributed by atoms with van der Waals surface area (Å²) in [6, 6.07) is 12.3. The summed E-state index contributed by atoms with van der Waals surface area (Å²) in [6.07, 6.45) is -0.0691. The highest BCUT2D eigenvalue weighted by atomic mass is 32.2. The first-order chi connectivity index (χ1) is 18.3. The van der Waals surface area contributed by atoms with Crippen molar-refractivity contribution in [3.63, 3.8) is 0 Å². The lowest BCUT2D eigenvalue weighted by Gasteiger charge is -2.10. The zero-order chi connectivity index (χ0) is 27.1. The van der Waals surface area contributed by atoms with Crippen molar-refractivity contribution in [1.82, 2.24) is 15.3 Å². The average Bonchev–Trinajstić information content (AvgIpc) is 3.38. The van der Waals surface area contributed by atoms with E-state index in [4.69, 9.17) is 18.9 Å². The molecule has 3 aromatic rings. The van der Waals surface area contributed by atoms with Gasteiger partial charge in [-0.1, -0.05) is 6.07 Å². The third-order valence-corrected chi connectivity index (χ3v) is 6.62. The smallest absolute Gasteiger partial charge is 0.264 e. The van der Waals surface area contributed by atoms with Gasteiger partial charge in [0.25, 0.3) is 10.0 Å². The van der Waals surface area contributed by atoms with Gasteiger partial charge < -0.3 is 29.6 Å². The summed E-state index contributed by atoms with van der Waals surface area (Å²) in [5.74, 6) is 0.610. The second-order valence-electron chi connectivity index (χ2n) is 7.92. The Hall–Kier alpha value is -4.59. The summed E-state index contributed by atoms with van der Waals surface area (Å²) in [7, 11) is -1.28. The first-order valence-corrected chi connectivity index (χ1v) is 12.8. The van der Waals surface area contributed by atoms with Gasteiger partial charge in [-0.15, -0.1) is 0 Å². The van der Waals surface area contributed by atoms with Crippen LogP contribution in [0.1, 0.15) is 18.4 Å². The topological polar surface area (TPSA) is 167 Å². The molecular weight excluding hydrogens is 518 g/mol. The Morgan fingerprint density at radius 2 is 1.55 bits per heavy atom. The van der Waals surface area contributed by atoms with E-state index in [9.17, 15) is 18.0 Å². The lowest BCUT2D eigenvalue weighted by atomic mass is 10.2. The Bertz CT molecular complexity index is 1410. The van der Waals surface area contributed by atoms with E-state index in [0.29, 0.717) is 17.2 Å². The Morgan fingerprint density at radius 3 is 2.24 bits per heavy atom. The minimum absolute atomic E-state index is 0.0171. The van der Waals surface area contributed by atoms with Gasteiger partial charge >= 0.3 is 0 Å². The Kier molecular flexibility index (Phi) is 8.11. The summed E-state index contributed by atoms with van der Waals surface area (Å²) in [6.45, 7) is 0.457. The molecule has 0 saturated carbocycles. The van der Waals surface area contributed by atoms with E-state index in [0.717, 1.165) is 5.56 Å². The maximum atomic E-state index is 12.7. The molecule has 0 atom stereocenters. The van der Waals surface area contributed by atoms with Crippen molar-refractivity contribution in [3.8, 4) is 23.3 Å². The van der Waals surface area contributed by atoms with Crippen LogP contribution >= 0.6 is 0 Å². The van der Waals surface area contributed by atoms with Gasteiger partial charge in [0.1, 0.15) is 0 Å². The molecule has 0 bridgehead atoms. The first kappa shape index (κ1) is 26.5. The van der Waals surface area contributed by atoms with E-state index >= 15 is 0 Å². The molecule has 13 nitrogen and oxygen atoms in total. The molecule has 0 saturated heterocycles. The number of hydrogen-bond donors (Lipinski definition) is 3. The highest BCUT2D eigenvalue weighted by Gasteiger charge is 2.18. The number of ether oxygens (including phenoxy) is 4. The summed E-state index contributed by atoms with van der Waals surface area (Å²) < 4.78 is 48.3. The number of hydrogen-bond acceptors (Lipinski definition) is 10. The average molecular weight is 544 g/mol. The van der Waals surface area contributed by atoms with Gasteiger partial charge in [0.15, 0.2) is 11.5 Å². The maximum absolute atomic E-state index is 12.7. The van der Waals surface area contributed by atoms with Crippen LogP contribution in [-0.2, 0) is 26.2 Å². The van der Waals surface area contributed by atoms with Crippen molar-refractivity contribution in [2.24, 2.45) is 0 Å². The van der Waals surface area contributed by atoms with E-state index in [1.807, 2.05) is 6.07 Å². The van der Waals surface area contributed by atoms with Gasteiger partial charge in [0, 0.05) is 25.1 Å². The van der Waals surface area contributed by atoms with E-state index in [-0.39, 0.29) is 54.7 Å². The Labute approximate surface area is 218 Å². The fraction of sp³-hybridized carbons (Fsp3) is 0.250. The molecule has 0 radical (unpaired) electrons. The molecule has 0 unspecified atom stereocenters. The lowest BCUT2D eigenvalue weighted by molar-refractivity contribution is -0.124. The highest BCUT2D eigenvalue weighted by molar-refractivity contribution is 7.92. The number of nitrogens with zero attached hydrogens (tertiary/aromatic N) is 2. The summed E-state index contributed by atoms with van der Waals surface area (Å²) in [5, 5.41) is 5.39. The number of nitrogens with one attached hydrogen (secondary N) is 3. The zero-order valence-electron chi connectivity index (χ0n) is 20.5. The minimum Gasteiger partial charge on any atom is -0.481 e. The predicted octanol–water partition coefficient (Wildman–Crippen LogP) is 2.06. The van der Waals surface area contributed by atoms with E-state index in [1.165, 1.54) is 44.6 Å². The predicted molar refractivity (Wildman–Crippen MR) is 135 cm³/mol. The fourth-order valence-corrected chi connectivity index (χ4v) is 4.29. The van der Waals surface area contributed by atoms with E-state index < -0.39 is 15.9 Å². The molecule has 0 fully saturated rings. The van der Waals surface area contributed by atoms with Crippen LogP contribution in [-0.4, -0.2) is 51.2 Å². The molecule has 200 valence electrons. The molecule has 38 heavy (non-hydrogen) atoms. The minimum atomic E-state index is -4.03. The molecule has 2 amide bonds. The normalized spacial score (nSPS) is 11.9. The number of aromatic nitrogens is 2. The van der Waals surface area contributed by atoms with Crippen LogP contribution in [0.2, 0.25) is 0 Å². The van der Waals surface area contributed by atoms with Crippen molar-refractivity contribution in [2.75, 3.05) is 31.1 Å². The number of fused-ring (bicyclic) bond motifs is 1. The SMILES string of the molecule is COc1cc(OC)nc(NS(=O)(=O)c2ccc(NC(=O)CCC(=O)NCc3ccc4c(c3)OCO4)cc2)n1. The largest absolute Gasteiger partial charge is 0.481 e. The van der Waals surface area contributed by atoms with Crippen molar-refractivity contribution in [3.05, 3.63) is 54.1 Å². The molecule has 2 heterocycles. The van der Waals surface area contributed by atoms with Gasteiger partial charge in [0.05, 0.1) is 25.2 Å². The number of rotatable bonds is 11. The Balaban J connectivity index is 1.26. The van der Waals surface area contributed by atoms with E-state index in [2.05, 4.69) is 25.3 Å². The number of benzene rings is 2. The molecule has 0 aliphatic carbocycles. The van der Waals surface area contributed by atoms with Gasteiger partial charge in [-0.2, -0.15) is 9.97 Å². The van der Waals surface area contributed by atoms with Crippen molar-refractivity contribution >= 4 is 33.5 Å². The molecule has 2 aromatic carbocycles. The number of methoxy groups -OCH3 is 2. The summed E-state index contributed by atoms with van der Waals surface area (Å²) >= 11 is 0. The number of carbonyl (C=O) groups is 2. The van der Waals surface area contributed by atoms with Crippen LogP contribution in [0.4, 0.5) is 11.6 Å². The van der Waals surface area contributed by atoms with Crippen LogP contribution in [0.3, 0.4) is 0 Å². The third kappa shape index (κ3) is 6.79. The van der Waals surface area contributed by atoms with Crippen LogP contribution in [0.15, 0.2) is 53.4 Å². The molecule has 3 N–H and O–H groups in total. The van der Waals surface area contributed by atoms with Crippen molar-refractivity contribution < 1.29 is 37.0 Å². The highest BCUT2D eigenvalue weighted by Crippen LogP contribution is 2.32. The molecule has 14 heteroatoms. The van der Waals surface area contributed by atoms with Crippen LogP contribution < -0.4 is 34.3 Å². The fourth-order valence-electron chi connectivity index (χ4n) is 3.35. The van der Waals surface area contributed by atoms with Gasteiger partial charge in [-0.25, -0.2) is 13.1 Å². The van der Waals surface area contributed by atoms with Crippen LogP contribution in [0, 0.1) is 0 Å². The number of anilines is 2. The van der Waals surface area contributed by atoms with Crippen LogP contribution in [0.5, 0.6) is 23.3 Å². The molecule has 4 rings (SSSR count).